The van der Waals surface area contributed by atoms with Crippen LogP contribution in [0.2, 0.25) is 0 Å². The van der Waals surface area contributed by atoms with Crippen LogP contribution in [0.5, 0.6) is 0 Å². The summed E-state index contributed by atoms with van der Waals surface area (Å²) in [5.74, 6) is 0.254. The molecule has 2 unspecified atom stereocenters. The molecule has 0 saturated heterocycles. The first-order valence-electron chi connectivity index (χ1n) is 10.3. The van der Waals surface area contributed by atoms with E-state index in [1.165, 1.54) is 24.0 Å². The van der Waals surface area contributed by atoms with Crippen LogP contribution in [0.4, 0.5) is 4.79 Å². The maximum absolute atomic E-state index is 12.4. The van der Waals surface area contributed by atoms with Gasteiger partial charge in [0.1, 0.15) is 0 Å². The third-order valence-corrected chi connectivity index (χ3v) is 6.14. The van der Waals surface area contributed by atoms with Crippen LogP contribution in [0.3, 0.4) is 0 Å². The molecule has 1 N–H and O–H groups in total. The molecule has 0 bridgehead atoms. The summed E-state index contributed by atoms with van der Waals surface area (Å²) in [7, 11) is 0. The zero-order chi connectivity index (χ0) is 19.3. The molecular formula is C24H31NO2. The molecule has 3 rings (SSSR count). The largest absolute Gasteiger partial charge is 0.465 e. The van der Waals surface area contributed by atoms with E-state index < -0.39 is 11.6 Å². The monoisotopic (exact) mass is 365 g/mol. The lowest BCUT2D eigenvalue weighted by Gasteiger charge is -2.52. The molecule has 0 saturated carbocycles. The topological polar surface area (TPSA) is 40.5 Å². The first-order chi connectivity index (χ1) is 13.2. The highest BCUT2D eigenvalue weighted by Gasteiger charge is 2.50. The van der Waals surface area contributed by atoms with Gasteiger partial charge >= 0.3 is 6.09 Å². The third-order valence-electron chi connectivity index (χ3n) is 6.14. The number of amides is 1. The van der Waals surface area contributed by atoms with E-state index in [2.05, 4.69) is 50.2 Å². The van der Waals surface area contributed by atoms with Crippen molar-refractivity contribution in [2.75, 3.05) is 6.54 Å². The Morgan fingerprint density at radius 1 is 1.07 bits per heavy atom. The zero-order valence-corrected chi connectivity index (χ0v) is 16.5. The molecular weight excluding hydrogens is 334 g/mol. The van der Waals surface area contributed by atoms with Gasteiger partial charge in [0, 0.05) is 6.54 Å². The maximum atomic E-state index is 12.4. The molecule has 1 amide bonds. The van der Waals surface area contributed by atoms with E-state index in [4.69, 9.17) is 0 Å². The molecule has 2 atom stereocenters. The second kappa shape index (κ2) is 8.60. The van der Waals surface area contributed by atoms with Crippen molar-refractivity contribution in [3.63, 3.8) is 0 Å². The molecule has 0 radical (unpaired) electrons. The molecule has 1 aliphatic heterocycles. The highest BCUT2D eigenvalue weighted by molar-refractivity contribution is 5.69. The standard InChI is InChI=1S/C24H31NO2/c1-3-5-7-13-20(4-2)24(21-14-8-6-9-15-21)22-16-11-10-12-19(22)17-18-25(24)23(26)27/h6,8-12,14-16,20H,3-5,7,13,17-18H2,1-2H3,(H,26,27). The van der Waals surface area contributed by atoms with E-state index in [1.54, 1.807) is 4.90 Å². The number of rotatable bonds is 7. The van der Waals surface area contributed by atoms with E-state index in [-0.39, 0.29) is 5.92 Å². The van der Waals surface area contributed by atoms with E-state index >= 15 is 0 Å². The normalized spacial score (nSPS) is 20.1. The van der Waals surface area contributed by atoms with Crippen LogP contribution in [-0.2, 0) is 12.0 Å². The van der Waals surface area contributed by atoms with Crippen LogP contribution < -0.4 is 0 Å². The Morgan fingerprint density at radius 2 is 1.78 bits per heavy atom. The highest BCUT2D eigenvalue weighted by atomic mass is 16.4. The molecule has 2 aromatic rings. The lowest BCUT2D eigenvalue weighted by Crippen LogP contribution is -2.57. The summed E-state index contributed by atoms with van der Waals surface area (Å²) >= 11 is 0. The first-order valence-corrected chi connectivity index (χ1v) is 10.3. The van der Waals surface area contributed by atoms with Gasteiger partial charge in [-0.15, -0.1) is 0 Å². The fraction of sp³-hybridized carbons (Fsp3) is 0.458. The van der Waals surface area contributed by atoms with Gasteiger partial charge in [-0.25, -0.2) is 4.79 Å². The van der Waals surface area contributed by atoms with Crippen LogP contribution in [0.25, 0.3) is 0 Å². The van der Waals surface area contributed by atoms with Crippen molar-refractivity contribution in [1.29, 1.82) is 0 Å². The molecule has 0 spiro atoms. The SMILES string of the molecule is CCCCCC(CC)C1(c2ccccc2)c2ccccc2CCN1C(=O)O. The van der Waals surface area contributed by atoms with Crippen LogP contribution >= 0.6 is 0 Å². The molecule has 2 aromatic carbocycles. The number of carbonyl (C=O) groups is 1. The second-order valence-electron chi connectivity index (χ2n) is 7.57. The molecule has 1 aliphatic rings. The maximum Gasteiger partial charge on any atom is 0.408 e. The predicted octanol–water partition coefficient (Wildman–Crippen LogP) is 6.07. The van der Waals surface area contributed by atoms with Crippen molar-refractivity contribution < 1.29 is 9.90 Å². The highest BCUT2D eigenvalue weighted by Crippen LogP contribution is 2.49. The van der Waals surface area contributed by atoms with E-state index in [9.17, 15) is 9.90 Å². The first kappa shape index (κ1) is 19.5. The Labute approximate surface area is 163 Å². The van der Waals surface area contributed by atoms with Crippen LogP contribution in [0.1, 0.15) is 62.6 Å². The fourth-order valence-electron chi connectivity index (χ4n) is 4.94. The van der Waals surface area contributed by atoms with E-state index in [0.717, 1.165) is 31.2 Å². The molecule has 3 nitrogen and oxygen atoms in total. The Balaban J connectivity index is 2.24. The lowest BCUT2D eigenvalue weighted by atomic mass is 9.66. The number of hydrogen-bond donors (Lipinski definition) is 1. The molecule has 27 heavy (non-hydrogen) atoms. The minimum Gasteiger partial charge on any atom is -0.465 e. The van der Waals surface area contributed by atoms with Gasteiger partial charge in [0.25, 0.3) is 0 Å². The van der Waals surface area contributed by atoms with Gasteiger partial charge in [0.15, 0.2) is 0 Å². The Hall–Kier alpha value is -2.29. The minimum atomic E-state index is -0.817. The summed E-state index contributed by atoms with van der Waals surface area (Å²) in [6, 6.07) is 18.8. The van der Waals surface area contributed by atoms with Crippen molar-refractivity contribution in [3.8, 4) is 0 Å². The van der Waals surface area contributed by atoms with Crippen molar-refractivity contribution in [2.45, 2.75) is 57.9 Å². The summed E-state index contributed by atoms with van der Waals surface area (Å²) in [5, 5.41) is 10.2. The fourth-order valence-corrected chi connectivity index (χ4v) is 4.94. The molecule has 0 fully saturated rings. The van der Waals surface area contributed by atoms with Crippen molar-refractivity contribution in [1.82, 2.24) is 4.90 Å². The predicted molar refractivity (Wildman–Crippen MR) is 110 cm³/mol. The van der Waals surface area contributed by atoms with Gasteiger partial charge in [-0.3, -0.25) is 4.90 Å². The third kappa shape index (κ3) is 3.47. The summed E-state index contributed by atoms with van der Waals surface area (Å²) in [5.41, 5.74) is 2.95. The van der Waals surface area contributed by atoms with E-state index in [0.29, 0.717) is 6.54 Å². The quantitative estimate of drug-likeness (QED) is 0.605. The number of carboxylic acid groups (broad SMARTS) is 1. The van der Waals surface area contributed by atoms with Crippen LogP contribution in [0, 0.1) is 5.92 Å². The summed E-state index contributed by atoms with van der Waals surface area (Å²) < 4.78 is 0. The number of unbranched alkanes of at least 4 members (excludes halogenated alkanes) is 2. The zero-order valence-electron chi connectivity index (χ0n) is 16.5. The number of fused-ring (bicyclic) bond motifs is 1. The Kier molecular flexibility index (Phi) is 6.20. The minimum absolute atomic E-state index is 0.254. The van der Waals surface area contributed by atoms with Gasteiger partial charge in [0.2, 0.25) is 0 Å². The lowest BCUT2D eigenvalue weighted by molar-refractivity contribution is 0.0452. The van der Waals surface area contributed by atoms with E-state index in [1.807, 2.05) is 18.2 Å². The smallest absolute Gasteiger partial charge is 0.408 e. The van der Waals surface area contributed by atoms with Gasteiger partial charge in [-0.2, -0.15) is 0 Å². The van der Waals surface area contributed by atoms with Crippen molar-refractivity contribution in [3.05, 3.63) is 71.3 Å². The second-order valence-corrected chi connectivity index (χ2v) is 7.57. The number of nitrogens with zero attached hydrogens (tertiary/aromatic N) is 1. The van der Waals surface area contributed by atoms with Crippen LogP contribution in [-0.4, -0.2) is 22.6 Å². The average molecular weight is 366 g/mol. The van der Waals surface area contributed by atoms with Gasteiger partial charge < -0.3 is 5.11 Å². The van der Waals surface area contributed by atoms with Crippen molar-refractivity contribution in [2.24, 2.45) is 5.92 Å². The van der Waals surface area contributed by atoms with Gasteiger partial charge in [-0.1, -0.05) is 94.1 Å². The molecule has 144 valence electrons. The molecule has 1 heterocycles. The molecule has 0 aliphatic carbocycles. The van der Waals surface area contributed by atoms with Crippen molar-refractivity contribution >= 4 is 6.09 Å². The van der Waals surface area contributed by atoms with Gasteiger partial charge in [0.05, 0.1) is 5.54 Å². The number of benzene rings is 2. The summed E-state index contributed by atoms with van der Waals surface area (Å²) in [4.78, 5) is 14.2. The molecule has 0 aromatic heterocycles. The molecule has 3 heteroatoms. The summed E-state index contributed by atoms with van der Waals surface area (Å²) in [6.07, 6.45) is 5.46. The van der Waals surface area contributed by atoms with Crippen LogP contribution in [0.15, 0.2) is 54.6 Å². The van der Waals surface area contributed by atoms with Gasteiger partial charge in [-0.05, 0) is 35.4 Å². The number of hydrogen-bond acceptors (Lipinski definition) is 1. The Morgan fingerprint density at radius 3 is 2.44 bits per heavy atom. The average Bonchev–Trinajstić information content (AvgIpc) is 2.71. The summed E-state index contributed by atoms with van der Waals surface area (Å²) in [6.45, 7) is 4.97. The Bertz CT molecular complexity index is 758.